The molecule has 7 heteroatoms. The number of carbonyl (C=O) groups is 1. The third-order valence-electron chi connectivity index (χ3n) is 6.00. The molecule has 4 aromatic rings. The summed E-state index contributed by atoms with van der Waals surface area (Å²) < 4.78 is 11.6. The molecule has 2 aromatic carbocycles. The van der Waals surface area contributed by atoms with Crippen LogP contribution in [0, 0.1) is 6.92 Å². The molecule has 2 aromatic heterocycles. The summed E-state index contributed by atoms with van der Waals surface area (Å²) in [6, 6.07) is 20.2. The minimum absolute atomic E-state index is 0.148. The van der Waals surface area contributed by atoms with Crippen LogP contribution in [0.4, 0.5) is 0 Å². The van der Waals surface area contributed by atoms with Crippen molar-refractivity contribution < 1.29 is 13.6 Å². The molecule has 0 saturated carbocycles. The van der Waals surface area contributed by atoms with Gasteiger partial charge in [0.1, 0.15) is 11.3 Å². The van der Waals surface area contributed by atoms with Gasteiger partial charge in [0, 0.05) is 25.7 Å². The molecule has 6 nitrogen and oxygen atoms in total. The number of rotatable bonds is 7. The van der Waals surface area contributed by atoms with Crippen LogP contribution in [-0.2, 0) is 12.3 Å². The number of aromatic nitrogens is 1. The van der Waals surface area contributed by atoms with E-state index in [0.717, 1.165) is 54.9 Å². The fourth-order valence-electron chi connectivity index (χ4n) is 4.17. The minimum Gasteiger partial charge on any atom is -0.455 e. The van der Waals surface area contributed by atoms with E-state index < -0.39 is 0 Å². The Morgan fingerprint density at radius 3 is 2.67 bits per heavy atom. The second-order valence-corrected chi connectivity index (χ2v) is 9.39. The van der Waals surface area contributed by atoms with E-state index >= 15 is 0 Å². The van der Waals surface area contributed by atoms with Crippen LogP contribution in [-0.4, -0.2) is 34.9 Å². The highest BCUT2D eigenvalue weighted by atomic mass is 32.2. The van der Waals surface area contributed by atoms with E-state index in [1.807, 2.05) is 37.3 Å². The van der Waals surface area contributed by atoms with Crippen LogP contribution in [0.25, 0.3) is 11.1 Å². The first-order chi connectivity index (χ1) is 16.1. The molecule has 1 aliphatic rings. The largest absolute Gasteiger partial charge is 0.455 e. The Labute approximate surface area is 197 Å². The van der Waals surface area contributed by atoms with Crippen molar-refractivity contribution in [1.82, 2.24) is 15.2 Å². The summed E-state index contributed by atoms with van der Waals surface area (Å²) in [4.78, 5) is 19.7. The average Bonchev–Trinajstić information content (AvgIpc) is 3.47. The molecular weight excluding hydrogens is 434 g/mol. The van der Waals surface area contributed by atoms with Crippen molar-refractivity contribution in [2.45, 2.75) is 43.3 Å². The lowest BCUT2D eigenvalue weighted by Crippen LogP contribution is -2.44. The van der Waals surface area contributed by atoms with E-state index in [1.54, 1.807) is 6.07 Å². The van der Waals surface area contributed by atoms with Crippen molar-refractivity contribution in [3.8, 4) is 0 Å². The average molecular weight is 462 g/mol. The van der Waals surface area contributed by atoms with Gasteiger partial charge in [0.2, 0.25) is 0 Å². The lowest BCUT2D eigenvalue weighted by molar-refractivity contribution is 0.0879. The molecule has 0 unspecified atom stereocenters. The topological polar surface area (TPSA) is 71.5 Å². The molecule has 1 amide bonds. The first-order valence-corrected chi connectivity index (χ1v) is 12.3. The molecule has 170 valence electrons. The summed E-state index contributed by atoms with van der Waals surface area (Å²) in [5.41, 5.74) is 4.08. The van der Waals surface area contributed by atoms with Gasteiger partial charge in [-0.05, 0) is 49.1 Å². The molecule has 0 bridgehead atoms. The molecule has 1 fully saturated rings. The van der Waals surface area contributed by atoms with E-state index in [4.69, 9.17) is 8.83 Å². The molecule has 0 radical (unpaired) electrons. The molecule has 1 aliphatic heterocycles. The van der Waals surface area contributed by atoms with Crippen LogP contribution in [0.15, 0.2) is 74.7 Å². The molecule has 3 heterocycles. The quantitative estimate of drug-likeness (QED) is 0.371. The highest BCUT2D eigenvalue weighted by Crippen LogP contribution is 2.28. The fourth-order valence-corrected chi connectivity index (χ4v) is 4.90. The zero-order valence-corrected chi connectivity index (χ0v) is 19.4. The molecule has 0 aliphatic carbocycles. The van der Waals surface area contributed by atoms with E-state index in [0.29, 0.717) is 16.7 Å². The number of hydrogen-bond donors (Lipinski definition) is 1. The predicted octanol–water partition coefficient (Wildman–Crippen LogP) is 5.42. The van der Waals surface area contributed by atoms with Crippen LogP contribution < -0.4 is 5.32 Å². The van der Waals surface area contributed by atoms with Gasteiger partial charge in [0.25, 0.3) is 11.1 Å². The number of benzene rings is 2. The summed E-state index contributed by atoms with van der Waals surface area (Å²) in [6.45, 7) is 4.93. The first kappa shape index (κ1) is 21.8. The van der Waals surface area contributed by atoms with Gasteiger partial charge in [0.05, 0.1) is 5.75 Å². The van der Waals surface area contributed by atoms with Crippen LogP contribution in [0.5, 0.6) is 0 Å². The van der Waals surface area contributed by atoms with Crippen molar-refractivity contribution >= 4 is 28.8 Å². The van der Waals surface area contributed by atoms with Crippen molar-refractivity contribution in [3.05, 3.63) is 83.3 Å². The Bertz CT molecular complexity index is 1230. The summed E-state index contributed by atoms with van der Waals surface area (Å²) in [5, 5.41) is 3.73. The summed E-state index contributed by atoms with van der Waals surface area (Å²) in [6.07, 6.45) is 1.89. The lowest BCUT2D eigenvalue weighted by Gasteiger charge is -2.32. The van der Waals surface area contributed by atoms with Crippen LogP contribution in [0.1, 0.15) is 40.3 Å². The van der Waals surface area contributed by atoms with Gasteiger partial charge < -0.3 is 14.2 Å². The number of hydrogen-bond acceptors (Lipinski definition) is 6. The van der Waals surface area contributed by atoms with E-state index in [-0.39, 0.29) is 11.9 Å². The summed E-state index contributed by atoms with van der Waals surface area (Å²) >= 11 is 1.46. The van der Waals surface area contributed by atoms with Crippen molar-refractivity contribution in [3.63, 3.8) is 0 Å². The third-order valence-corrected chi connectivity index (χ3v) is 6.85. The third kappa shape index (κ3) is 5.31. The number of nitrogens with zero attached hydrogens (tertiary/aromatic N) is 2. The first-order valence-electron chi connectivity index (χ1n) is 11.3. The number of thioether (sulfide) groups is 1. The van der Waals surface area contributed by atoms with Gasteiger partial charge in [0.15, 0.2) is 11.3 Å². The summed E-state index contributed by atoms with van der Waals surface area (Å²) in [7, 11) is 0. The maximum Gasteiger partial charge on any atom is 0.287 e. The SMILES string of the molecule is Cc1cccc2oc(SCc3ccc(C(=O)NC4CCN(Cc5ccccc5)CC4)o3)nc12. The number of aryl methyl sites for hydroxylation is 1. The number of likely N-dealkylation sites (tertiary alicyclic amines) is 1. The van der Waals surface area contributed by atoms with E-state index in [1.165, 1.54) is 17.3 Å². The monoisotopic (exact) mass is 461 g/mol. The second-order valence-electron chi connectivity index (χ2n) is 8.47. The fraction of sp³-hybridized carbons (Fsp3) is 0.308. The molecule has 1 saturated heterocycles. The van der Waals surface area contributed by atoms with Gasteiger partial charge in [-0.1, -0.05) is 54.2 Å². The number of furan rings is 1. The lowest BCUT2D eigenvalue weighted by atomic mass is 10.0. The Morgan fingerprint density at radius 1 is 1.06 bits per heavy atom. The van der Waals surface area contributed by atoms with Gasteiger partial charge in [-0.25, -0.2) is 4.98 Å². The molecule has 1 N–H and O–H groups in total. The molecule has 5 rings (SSSR count). The van der Waals surface area contributed by atoms with E-state index in [2.05, 4.69) is 39.5 Å². The Kier molecular flexibility index (Phi) is 6.51. The molecule has 33 heavy (non-hydrogen) atoms. The van der Waals surface area contributed by atoms with Crippen LogP contribution in [0.3, 0.4) is 0 Å². The number of fused-ring (bicyclic) bond motifs is 1. The smallest absolute Gasteiger partial charge is 0.287 e. The Hall–Kier alpha value is -3.03. The zero-order valence-electron chi connectivity index (χ0n) is 18.6. The molecule has 0 atom stereocenters. The standard InChI is InChI=1S/C26H27N3O3S/c1-18-6-5-9-22-24(18)28-26(32-22)33-17-21-10-11-23(31-21)25(30)27-20-12-14-29(15-13-20)16-19-7-3-2-4-8-19/h2-11,20H,12-17H2,1H3,(H,27,30). The van der Waals surface area contributed by atoms with Crippen molar-refractivity contribution in [1.29, 1.82) is 0 Å². The number of para-hydroxylation sites is 1. The number of amides is 1. The van der Waals surface area contributed by atoms with Gasteiger partial charge in [-0.3, -0.25) is 9.69 Å². The molecule has 0 spiro atoms. The number of oxazole rings is 1. The van der Waals surface area contributed by atoms with Crippen LogP contribution in [0.2, 0.25) is 0 Å². The zero-order chi connectivity index (χ0) is 22.6. The normalized spacial score (nSPS) is 15.2. The maximum absolute atomic E-state index is 12.7. The highest BCUT2D eigenvalue weighted by Gasteiger charge is 2.22. The Balaban J connectivity index is 1.10. The van der Waals surface area contributed by atoms with Crippen LogP contribution >= 0.6 is 11.8 Å². The van der Waals surface area contributed by atoms with E-state index in [9.17, 15) is 4.79 Å². The van der Waals surface area contributed by atoms with Gasteiger partial charge >= 0.3 is 0 Å². The van der Waals surface area contributed by atoms with Gasteiger partial charge in [-0.15, -0.1) is 0 Å². The predicted molar refractivity (Wildman–Crippen MR) is 129 cm³/mol. The number of piperidine rings is 1. The minimum atomic E-state index is -0.148. The highest BCUT2D eigenvalue weighted by molar-refractivity contribution is 7.98. The van der Waals surface area contributed by atoms with Crippen molar-refractivity contribution in [2.75, 3.05) is 13.1 Å². The number of carbonyl (C=O) groups excluding carboxylic acids is 1. The number of nitrogens with one attached hydrogen (secondary N) is 1. The summed E-state index contributed by atoms with van der Waals surface area (Å²) in [5.74, 6) is 1.48. The van der Waals surface area contributed by atoms with Gasteiger partial charge in [-0.2, -0.15) is 0 Å². The molecular formula is C26H27N3O3S. The van der Waals surface area contributed by atoms with Crippen molar-refractivity contribution in [2.24, 2.45) is 0 Å². The second kappa shape index (κ2) is 9.85. The Morgan fingerprint density at radius 2 is 1.88 bits per heavy atom. The maximum atomic E-state index is 12.7.